The van der Waals surface area contributed by atoms with Crippen molar-refractivity contribution in [2.75, 3.05) is 33.1 Å². The highest BCUT2D eigenvalue weighted by molar-refractivity contribution is 7.19. The molecule has 0 unspecified atom stereocenters. The second kappa shape index (κ2) is 9.19. The number of amides is 1. The van der Waals surface area contributed by atoms with Crippen molar-refractivity contribution in [2.24, 2.45) is 5.92 Å². The van der Waals surface area contributed by atoms with Crippen LogP contribution in [0.4, 0.5) is 11.5 Å². The van der Waals surface area contributed by atoms with Crippen molar-refractivity contribution in [1.29, 1.82) is 0 Å². The minimum atomic E-state index is -0.0254. The Morgan fingerprint density at radius 1 is 1.35 bits per heavy atom. The molecule has 0 fully saturated rings. The lowest BCUT2D eigenvalue weighted by Gasteiger charge is -2.28. The maximum absolute atomic E-state index is 13.1. The first-order valence-corrected chi connectivity index (χ1v) is 12.1. The van der Waals surface area contributed by atoms with Crippen molar-refractivity contribution < 1.29 is 14.3 Å². The molecule has 2 N–H and O–H groups in total. The maximum atomic E-state index is 13.1. The van der Waals surface area contributed by atoms with Gasteiger partial charge in [0.15, 0.2) is 0 Å². The Bertz CT molecular complexity index is 1350. The van der Waals surface area contributed by atoms with Crippen LogP contribution in [-0.4, -0.2) is 64.9 Å². The molecule has 0 saturated heterocycles. The van der Waals surface area contributed by atoms with Gasteiger partial charge in [0.1, 0.15) is 22.7 Å². The average Bonchev–Trinajstić information content (AvgIpc) is 3.46. The van der Waals surface area contributed by atoms with Gasteiger partial charge in [0.2, 0.25) is 5.91 Å². The Hall–Kier alpha value is -3.24. The monoisotopic (exact) mass is 480 g/mol. The van der Waals surface area contributed by atoms with E-state index in [1.165, 1.54) is 10.4 Å². The summed E-state index contributed by atoms with van der Waals surface area (Å²) in [6.45, 7) is 2.56. The number of hydrogen-bond donors (Lipinski definition) is 2. The molecule has 0 radical (unpaired) electrons. The number of likely N-dealkylation sites (N-methyl/N-ethyl adjacent to an activating group) is 1. The fourth-order valence-electron chi connectivity index (χ4n) is 4.64. The van der Waals surface area contributed by atoms with Gasteiger partial charge in [-0.05, 0) is 37.8 Å². The lowest BCUT2D eigenvalue weighted by atomic mass is 9.87. The zero-order valence-corrected chi connectivity index (χ0v) is 20.5. The number of ether oxygens (including phenoxy) is 2. The molecule has 3 aromatic heterocycles. The molecular formula is C24H28N6O3S. The Kier molecular flexibility index (Phi) is 6.09. The SMILES string of the molecule is COc1cc2[nH]ncc2cc1Nc1ncnc2sc3c(c12)CC[C@H](C(=O)N(C)C[C@@H](C)OC)C3. The summed E-state index contributed by atoms with van der Waals surface area (Å²) in [6, 6.07) is 3.92. The summed E-state index contributed by atoms with van der Waals surface area (Å²) < 4.78 is 10.9. The third-order valence-electron chi connectivity index (χ3n) is 6.52. The summed E-state index contributed by atoms with van der Waals surface area (Å²) in [5, 5.41) is 12.6. The summed E-state index contributed by atoms with van der Waals surface area (Å²) in [7, 11) is 5.17. The second-order valence-electron chi connectivity index (χ2n) is 8.75. The van der Waals surface area contributed by atoms with Crippen LogP contribution in [0.3, 0.4) is 0 Å². The predicted molar refractivity (Wildman–Crippen MR) is 133 cm³/mol. The number of H-pyrrole nitrogens is 1. The van der Waals surface area contributed by atoms with Gasteiger partial charge in [-0.3, -0.25) is 9.89 Å². The van der Waals surface area contributed by atoms with E-state index in [1.807, 2.05) is 26.1 Å². The number of aryl methyl sites for hydroxylation is 1. The third-order valence-corrected chi connectivity index (χ3v) is 7.68. The molecular weight excluding hydrogens is 452 g/mol. The molecule has 1 aromatic carbocycles. The summed E-state index contributed by atoms with van der Waals surface area (Å²) in [6.07, 6.45) is 5.73. The molecule has 3 heterocycles. The molecule has 0 bridgehead atoms. The van der Waals surface area contributed by atoms with E-state index in [-0.39, 0.29) is 17.9 Å². The van der Waals surface area contributed by atoms with Crippen molar-refractivity contribution in [1.82, 2.24) is 25.1 Å². The van der Waals surface area contributed by atoms with Gasteiger partial charge < -0.3 is 19.7 Å². The number of nitrogens with zero attached hydrogens (tertiary/aromatic N) is 4. The molecule has 4 aromatic rings. The number of methoxy groups -OCH3 is 2. The van der Waals surface area contributed by atoms with Crippen LogP contribution in [0.5, 0.6) is 5.75 Å². The van der Waals surface area contributed by atoms with E-state index in [9.17, 15) is 4.79 Å². The van der Waals surface area contributed by atoms with E-state index in [4.69, 9.17) is 9.47 Å². The number of hydrogen-bond acceptors (Lipinski definition) is 8. The molecule has 10 heteroatoms. The summed E-state index contributed by atoms with van der Waals surface area (Å²) in [5.41, 5.74) is 2.96. The van der Waals surface area contributed by atoms with E-state index >= 15 is 0 Å². The highest BCUT2D eigenvalue weighted by Crippen LogP contribution is 2.41. The van der Waals surface area contributed by atoms with Gasteiger partial charge in [-0.25, -0.2) is 9.97 Å². The summed E-state index contributed by atoms with van der Waals surface area (Å²) in [4.78, 5) is 26.1. The maximum Gasteiger partial charge on any atom is 0.225 e. The minimum absolute atomic E-state index is 0.0135. The molecule has 9 nitrogen and oxygen atoms in total. The number of aromatic nitrogens is 4. The Morgan fingerprint density at radius 2 is 2.21 bits per heavy atom. The molecule has 0 saturated carbocycles. The van der Waals surface area contributed by atoms with Gasteiger partial charge in [-0.15, -0.1) is 11.3 Å². The first kappa shape index (κ1) is 22.5. The Labute approximate surface area is 201 Å². The van der Waals surface area contributed by atoms with Gasteiger partial charge in [0.25, 0.3) is 0 Å². The lowest BCUT2D eigenvalue weighted by Crippen LogP contribution is -2.39. The number of fused-ring (bicyclic) bond motifs is 4. The standard InChI is InChI=1S/C24H28N6O3S/c1-13(32-3)11-30(2)24(31)14-5-6-16-20(8-14)34-23-21(16)22(25-12-26-23)28-18-7-15-10-27-29-17(15)9-19(18)33-4/h7,9-10,12-14H,5-6,8,11H2,1-4H3,(H,27,29)(H,25,26,28)/t13-,14+/m1/s1. The van der Waals surface area contributed by atoms with E-state index in [0.29, 0.717) is 12.3 Å². The van der Waals surface area contributed by atoms with Crippen molar-refractivity contribution in [3.8, 4) is 5.75 Å². The second-order valence-corrected chi connectivity index (χ2v) is 9.83. The fraction of sp³-hybridized carbons (Fsp3) is 0.417. The van der Waals surface area contributed by atoms with Crippen molar-refractivity contribution in [3.05, 3.63) is 35.1 Å². The highest BCUT2D eigenvalue weighted by atomic mass is 32.1. The lowest BCUT2D eigenvalue weighted by molar-refractivity contribution is -0.135. The van der Waals surface area contributed by atoms with Gasteiger partial charge >= 0.3 is 0 Å². The van der Waals surface area contributed by atoms with Gasteiger partial charge in [-0.2, -0.15) is 5.10 Å². The summed E-state index contributed by atoms with van der Waals surface area (Å²) >= 11 is 1.66. The van der Waals surface area contributed by atoms with Crippen LogP contribution in [0, 0.1) is 5.92 Å². The molecule has 2 atom stereocenters. The van der Waals surface area contributed by atoms with Crippen LogP contribution in [-0.2, 0) is 22.4 Å². The topological polar surface area (TPSA) is 105 Å². The van der Waals surface area contributed by atoms with Crippen LogP contribution in [0.1, 0.15) is 23.8 Å². The first-order chi connectivity index (χ1) is 16.5. The number of aromatic amines is 1. The minimum Gasteiger partial charge on any atom is -0.494 e. The molecule has 1 aliphatic rings. The molecule has 0 spiro atoms. The van der Waals surface area contributed by atoms with Crippen LogP contribution in [0.25, 0.3) is 21.1 Å². The molecule has 5 rings (SSSR count). The quantitative estimate of drug-likeness (QED) is 0.413. The van der Waals surface area contributed by atoms with Crippen LogP contribution in [0.15, 0.2) is 24.7 Å². The number of thiophene rings is 1. The predicted octanol–water partition coefficient (Wildman–Crippen LogP) is 3.92. The van der Waals surface area contributed by atoms with Gasteiger partial charge in [0.05, 0.1) is 36.0 Å². The average molecular weight is 481 g/mol. The van der Waals surface area contributed by atoms with Gasteiger partial charge in [-0.1, -0.05) is 0 Å². The molecule has 0 aliphatic heterocycles. The van der Waals surface area contributed by atoms with E-state index in [2.05, 4.69) is 25.5 Å². The van der Waals surface area contributed by atoms with Crippen LogP contribution in [0.2, 0.25) is 0 Å². The first-order valence-electron chi connectivity index (χ1n) is 11.3. The number of benzene rings is 1. The Balaban J connectivity index is 1.44. The van der Waals surface area contributed by atoms with E-state index in [1.54, 1.807) is 43.0 Å². The number of rotatable bonds is 7. The van der Waals surface area contributed by atoms with Gasteiger partial charge in [0, 0.05) is 42.9 Å². The normalized spacial score (nSPS) is 16.4. The number of nitrogens with one attached hydrogen (secondary N) is 2. The highest BCUT2D eigenvalue weighted by Gasteiger charge is 2.31. The fourth-order valence-corrected chi connectivity index (χ4v) is 5.91. The van der Waals surface area contributed by atoms with E-state index < -0.39 is 0 Å². The number of anilines is 2. The van der Waals surface area contributed by atoms with E-state index in [0.717, 1.165) is 51.9 Å². The number of carbonyl (C=O) groups excluding carboxylic acids is 1. The molecule has 1 amide bonds. The van der Waals surface area contributed by atoms with Crippen LogP contribution < -0.4 is 10.1 Å². The largest absolute Gasteiger partial charge is 0.494 e. The van der Waals surface area contributed by atoms with Crippen molar-refractivity contribution in [3.63, 3.8) is 0 Å². The molecule has 34 heavy (non-hydrogen) atoms. The summed E-state index contributed by atoms with van der Waals surface area (Å²) in [5.74, 6) is 1.60. The third kappa shape index (κ3) is 4.07. The smallest absolute Gasteiger partial charge is 0.225 e. The van der Waals surface area contributed by atoms with Crippen LogP contribution >= 0.6 is 11.3 Å². The van der Waals surface area contributed by atoms with Crippen molar-refractivity contribution >= 4 is 49.9 Å². The van der Waals surface area contributed by atoms with Crippen molar-refractivity contribution in [2.45, 2.75) is 32.3 Å². The Morgan fingerprint density at radius 3 is 3.00 bits per heavy atom. The number of carbonyl (C=O) groups is 1. The zero-order valence-electron chi connectivity index (χ0n) is 19.7. The molecule has 178 valence electrons. The molecule has 1 aliphatic carbocycles. The zero-order chi connectivity index (χ0) is 23.8.